The van der Waals surface area contributed by atoms with Crippen molar-refractivity contribution in [2.75, 3.05) is 0 Å². The van der Waals surface area contributed by atoms with Crippen LogP contribution in [0.2, 0.25) is 0 Å². The van der Waals surface area contributed by atoms with Gasteiger partial charge in [0.25, 0.3) is 5.56 Å². The number of hydrogen-bond acceptors (Lipinski definition) is 3. The standard InChI is InChI=1S/C15H14N4O2/c1-9-7-11(10(2)17-9)8-16-19-14(20)12-5-3-4-6-13(12)18-15(19)21/h3-8,17H,1-2H3,(H,18,21)/b16-8+. The molecule has 0 unspecified atom stereocenters. The Morgan fingerprint density at radius 3 is 2.62 bits per heavy atom. The normalized spacial score (nSPS) is 11.5. The van der Waals surface area contributed by atoms with Crippen LogP contribution in [0.1, 0.15) is 17.0 Å². The minimum atomic E-state index is -0.556. The van der Waals surface area contributed by atoms with Gasteiger partial charge in [-0.1, -0.05) is 12.1 Å². The third kappa shape index (κ3) is 2.31. The Morgan fingerprint density at radius 2 is 1.90 bits per heavy atom. The number of rotatable bonds is 2. The molecule has 0 saturated heterocycles. The summed E-state index contributed by atoms with van der Waals surface area (Å²) in [5.41, 5.74) is 2.28. The molecule has 0 bridgehead atoms. The Bertz CT molecular complexity index is 960. The number of benzene rings is 1. The van der Waals surface area contributed by atoms with Gasteiger partial charge in [-0.05, 0) is 32.0 Å². The van der Waals surface area contributed by atoms with Gasteiger partial charge in [0, 0.05) is 17.0 Å². The highest BCUT2D eigenvalue weighted by atomic mass is 16.2. The highest BCUT2D eigenvalue weighted by molar-refractivity contribution is 5.81. The minimum absolute atomic E-state index is 0.427. The highest BCUT2D eigenvalue weighted by Crippen LogP contribution is 2.06. The maximum atomic E-state index is 12.3. The summed E-state index contributed by atoms with van der Waals surface area (Å²) in [5.74, 6) is 0. The third-order valence-corrected chi connectivity index (χ3v) is 3.29. The lowest BCUT2D eigenvalue weighted by atomic mass is 10.2. The summed E-state index contributed by atoms with van der Waals surface area (Å²) in [7, 11) is 0. The second kappa shape index (κ2) is 4.90. The molecule has 106 valence electrons. The molecule has 2 aromatic heterocycles. The van der Waals surface area contributed by atoms with Gasteiger partial charge in [-0.15, -0.1) is 4.68 Å². The number of aromatic nitrogens is 3. The molecule has 6 heteroatoms. The number of aromatic amines is 2. The topological polar surface area (TPSA) is 83.0 Å². The number of fused-ring (bicyclic) bond motifs is 1. The van der Waals surface area contributed by atoms with Gasteiger partial charge >= 0.3 is 5.69 Å². The van der Waals surface area contributed by atoms with Crippen molar-refractivity contribution in [1.29, 1.82) is 0 Å². The van der Waals surface area contributed by atoms with Crippen LogP contribution in [0.3, 0.4) is 0 Å². The van der Waals surface area contributed by atoms with E-state index >= 15 is 0 Å². The van der Waals surface area contributed by atoms with Crippen LogP contribution in [-0.2, 0) is 0 Å². The van der Waals surface area contributed by atoms with Crippen LogP contribution < -0.4 is 11.2 Å². The van der Waals surface area contributed by atoms with Gasteiger partial charge < -0.3 is 9.97 Å². The van der Waals surface area contributed by atoms with Crippen molar-refractivity contribution in [1.82, 2.24) is 14.6 Å². The van der Waals surface area contributed by atoms with Crippen LogP contribution in [-0.4, -0.2) is 20.9 Å². The number of H-pyrrole nitrogens is 2. The van der Waals surface area contributed by atoms with E-state index in [2.05, 4.69) is 15.1 Å². The lowest BCUT2D eigenvalue weighted by Gasteiger charge is -2.00. The molecule has 0 aliphatic carbocycles. The summed E-state index contributed by atoms with van der Waals surface area (Å²) < 4.78 is 0.837. The molecule has 0 amide bonds. The number of nitrogens with zero attached hydrogens (tertiary/aromatic N) is 2. The zero-order valence-corrected chi connectivity index (χ0v) is 11.7. The van der Waals surface area contributed by atoms with Gasteiger partial charge in [-0.25, -0.2) is 4.79 Å². The first-order chi connectivity index (χ1) is 10.1. The second-order valence-corrected chi connectivity index (χ2v) is 4.87. The second-order valence-electron chi connectivity index (χ2n) is 4.87. The first kappa shape index (κ1) is 13.1. The summed E-state index contributed by atoms with van der Waals surface area (Å²) in [4.78, 5) is 30.0. The van der Waals surface area contributed by atoms with E-state index in [-0.39, 0.29) is 0 Å². The summed E-state index contributed by atoms with van der Waals surface area (Å²) in [6, 6.07) is 8.75. The molecule has 3 rings (SSSR count). The Morgan fingerprint density at radius 1 is 1.14 bits per heavy atom. The van der Waals surface area contributed by atoms with Gasteiger partial charge in [0.1, 0.15) is 0 Å². The molecule has 0 radical (unpaired) electrons. The summed E-state index contributed by atoms with van der Waals surface area (Å²) in [6.45, 7) is 3.83. The molecule has 21 heavy (non-hydrogen) atoms. The Balaban J connectivity index is 2.15. The quantitative estimate of drug-likeness (QED) is 0.698. The molecule has 0 aliphatic rings. The van der Waals surface area contributed by atoms with E-state index < -0.39 is 11.2 Å². The fourth-order valence-corrected chi connectivity index (χ4v) is 2.26. The van der Waals surface area contributed by atoms with E-state index in [9.17, 15) is 9.59 Å². The van der Waals surface area contributed by atoms with E-state index in [4.69, 9.17) is 0 Å². The van der Waals surface area contributed by atoms with Crippen LogP contribution in [0.15, 0.2) is 45.0 Å². The van der Waals surface area contributed by atoms with Gasteiger partial charge in [0.15, 0.2) is 0 Å². The maximum Gasteiger partial charge on any atom is 0.349 e. The molecule has 0 aliphatic heterocycles. The Labute approximate surface area is 119 Å². The largest absolute Gasteiger partial charge is 0.362 e. The van der Waals surface area contributed by atoms with Crippen LogP contribution in [0.4, 0.5) is 0 Å². The smallest absolute Gasteiger partial charge is 0.349 e. The van der Waals surface area contributed by atoms with Crippen LogP contribution >= 0.6 is 0 Å². The molecular weight excluding hydrogens is 268 g/mol. The average Bonchev–Trinajstić information content (AvgIpc) is 2.77. The Hall–Kier alpha value is -2.89. The fraction of sp³-hybridized carbons (Fsp3) is 0.133. The van der Waals surface area contributed by atoms with Crippen LogP contribution in [0, 0.1) is 13.8 Å². The van der Waals surface area contributed by atoms with Crippen molar-refractivity contribution < 1.29 is 0 Å². The van der Waals surface area contributed by atoms with Gasteiger partial charge in [-0.3, -0.25) is 4.79 Å². The fourth-order valence-electron chi connectivity index (χ4n) is 2.26. The zero-order chi connectivity index (χ0) is 15.0. The molecular formula is C15H14N4O2. The molecule has 0 saturated carbocycles. The summed E-state index contributed by atoms with van der Waals surface area (Å²) in [6.07, 6.45) is 1.50. The van der Waals surface area contributed by atoms with Crippen molar-refractivity contribution in [2.24, 2.45) is 5.10 Å². The van der Waals surface area contributed by atoms with Crippen molar-refractivity contribution in [3.8, 4) is 0 Å². The van der Waals surface area contributed by atoms with Gasteiger partial charge in [-0.2, -0.15) is 5.10 Å². The maximum absolute atomic E-state index is 12.3. The number of hydrogen-bond donors (Lipinski definition) is 2. The van der Waals surface area contributed by atoms with E-state index in [1.165, 1.54) is 6.21 Å². The van der Waals surface area contributed by atoms with E-state index in [1.807, 2.05) is 19.9 Å². The Kier molecular flexibility index (Phi) is 3.06. The predicted molar refractivity (Wildman–Crippen MR) is 82.1 cm³/mol. The lowest BCUT2D eigenvalue weighted by molar-refractivity contribution is 0.771. The van der Waals surface area contributed by atoms with Gasteiger partial charge in [0.05, 0.1) is 17.1 Å². The molecule has 0 fully saturated rings. The average molecular weight is 282 g/mol. The number of nitrogens with one attached hydrogen (secondary N) is 2. The van der Waals surface area contributed by atoms with Crippen LogP contribution in [0.5, 0.6) is 0 Å². The molecule has 2 N–H and O–H groups in total. The summed E-state index contributed by atoms with van der Waals surface area (Å²) >= 11 is 0. The minimum Gasteiger partial charge on any atom is -0.362 e. The van der Waals surface area contributed by atoms with E-state index in [1.54, 1.807) is 24.3 Å². The molecule has 0 spiro atoms. The lowest BCUT2D eigenvalue weighted by Crippen LogP contribution is -2.32. The van der Waals surface area contributed by atoms with Crippen molar-refractivity contribution in [3.05, 3.63) is 68.1 Å². The monoisotopic (exact) mass is 282 g/mol. The van der Waals surface area contributed by atoms with Crippen molar-refractivity contribution in [2.45, 2.75) is 13.8 Å². The first-order valence-corrected chi connectivity index (χ1v) is 6.51. The van der Waals surface area contributed by atoms with E-state index in [0.717, 1.165) is 21.6 Å². The predicted octanol–water partition coefficient (Wildman–Crippen LogP) is 1.52. The first-order valence-electron chi connectivity index (χ1n) is 6.51. The summed E-state index contributed by atoms with van der Waals surface area (Å²) in [5, 5.41) is 4.44. The zero-order valence-electron chi connectivity index (χ0n) is 11.7. The van der Waals surface area contributed by atoms with Crippen molar-refractivity contribution >= 4 is 17.1 Å². The molecule has 2 heterocycles. The SMILES string of the molecule is Cc1cc(/C=N/n2c(=O)[nH]c3ccccc3c2=O)c(C)[nH]1. The molecule has 0 atom stereocenters. The third-order valence-electron chi connectivity index (χ3n) is 3.29. The van der Waals surface area contributed by atoms with E-state index in [0.29, 0.717) is 10.9 Å². The number of aryl methyl sites for hydroxylation is 2. The molecule has 3 aromatic rings. The molecule has 1 aromatic carbocycles. The highest BCUT2D eigenvalue weighted by Gasteiger charge is 2.06. The molecule has 6 nitrogen and oxygen atoms in total. The van der Waals surface area contributed by atoms with Crippen molar-refractivity contribution in [3.63, 3.8) is 0 Å². The number of para-hydroxylation sites is 1. The van der Waals surface area contributed by atoms with Crippen LogP contribution in [0.25, 0.3) is 10.9 Å². The van der Waals surface area contributed by atoms with Gasteiger partial charge in [0.2, 0.25) is 0 Å².